The molecule has 1 N–H and O–H groups in total. The van der Waals surface area contributed by atoms with Crippen molar-refractivity contribution in [3.05, 3.63) is 142 Å². The molecule has 0 radical (unpaired) electrons. The zero-order valence-corrected chi connectivity index (χ0v) is 25.2. The molecule has 0 unspecified atom stereocenters. The summed E-state index contributed by atoms with van der Waals surface area (Å²) in [5, 5.41) is 12.5. The average Bonchev–Trinajstić information content (AvgIpc) is 3.32. The quantitative estimate of drug-likeness (QED) is 0.159. The van der Waals surface area contributed by atoms with Crippen molar-refractivity contribution in [3.8, 4) is 5.75 Å². The van der Waals surface area contributed by atoms with Gasteiger partial charge in [0.05, 0.1) is 22.2 Å². The number of carbonyl (C=O) groups excluding carboxylic acids is 1. The van der Waals surface area contributed by atoms with Crippen molar-refractivity contribution in [2.75, 3.05) is 0 Å². The number of hydrogen-bond acceptors (Lipinski definition) is 4. The maximum Gasteiger partial charge on any atom is 0.309 e. The summed E-state index contributed by atoms with van der Waals surface area (Å²) >= 11 is 6.16. The van der Waals surface area contributed by atoms with Gasteiger partial charge < -0.3 is 14.4 Å². The summed E-state index contributed by atoms with van der Waals surface area (Å²) in [6, 6.07) is 34.2. The maximum absolute atomic E-state index is 14.2. The molecule has 0 atom stereocenters. The third-order valence-electron chi connectivity index (χ3n) is 7.89. The minimum Gasteiger partial charge on any atom is -0.487 e. The normalized spacial score (nSPS) is 11.6. The van der Waals surface area contributed by atoms with Crippen LogP contribution in [-0.4, -0.2) is 26.4 Å². The summed E-state index contributed by atoms with van der Waals surface area (Å²) in [5.74, 6) is -0.525. The van der Waals surface area contributed by atoms with E-state index in [-0.39, 0.29) is 18.8 Å². The van der Waals surface area contributed by atoms with Gasteiger partial charge in [0.2, 0.25) is 0 Å². The highest BCUT2D eigenvalue weighted by Gasteiger charge is 2.33. The Hall–Kier alpha value is -4.94. The van der Waals surface area contributed by atoms with Gasteiger partial charge in [-0.05, 0) is 61.9 Å². The van der Waals surface area contributed by atoms with Crippen molar-refractivity contribution in [3.63, 3.8) is 0 Å². The molecule has 7 heteroatoms. The number of ketones is 1. The summed E-state index contributed by atoms with van der Waals surface area (Å²) in [4.78, 5) is 31.3. The van der Waals surface area contributed by atoms with Gasteiger partial charge in [-0.25, -0.2) is 4.98 Å². The van der Waals surface area contributed by atoms with Crippen molar-refractivity contribution in [1.29, 1.82) is 0 Å². The highest BCUT2D eigenvalue weighted by atomic mass is 35.5. The molecule has 6 rings (SSSR count). The number of rotatable bonds is 10. The van der Waals surface area contributed by atoms with Gasteiger partial charge in [-0.1, -0.05) is 78.3 Å². The molecular formula is C37H31ClN2O4. The van der Waals surface area contributed by atoms with Gasteiger partial charge in [0.25, 0.3) is 0 Å². The highest BCUT2D eigenvalue weighted by molar-refractivity contribution is 6.30. The number of carbonyl (C=O) groups is 2. The fourth-order valence-corrected chi connectivity index (χ4v) is 5.57. The number of para-hydroxylation sites is 1. The van der Waals surface area contributed by atoms with E-state index in [0.717, 1.165) is 27.7 Å². The Bertz CT molecular complexity index is 2000. The third kappa shape index (κ3) is 5.94. The van der Waals surface area contributed by atoms with Crippen molar-refractivity contribution in [1.82, 2.24) is 9.55 Å². The summed E-state index contributed by atoms with van der Waals surface area (Å²) in [7, 11) is 0. The molecule has 0 aliphatic heterocycles. The van der Waals surface area contributed by atoms with Crippen LogP contribution in [0.3, 0.4) is 0 Å². The Morgan fingerprint density at radius 2 is 1.61 bits per heavy atom. The number of carboxylic acids is 1. The van der Waals surface area contributed by atoms with Crippen molar-refractivity contribution < 1.29 is 19.4 Å². The molecule has 0 spiro atoms. The fraction of sp³-hybridized carbons (Fsp3) is 0.162. The van der Waals surface area contributed by atoms with Gasteiger partial charge in [-0.3, -0.25) is 9.59 Å². The van der Waals surface area contributed by atoms with Gasteiger partial charge in [0.15, 0.2) is 5.78 Å². The molecule has 4 aromatic carbocycles. The third-order valence-corrected chi connectivity index (χ3v) is 8.14. The lowest BCUT2D eigenvalue weighted by molar-refractivity contribution is -0.146. The minimum atomic E-state index is -1.13. The van der Waals surface area contributed by atoms with Crippen LogP contribution in [0.25, 0.3) is 21.8 Å². The van der Waals surface area contributed by atoms with E-state index in [9.17, 15) is 14.7 Å². The van der Waals surface area contributed by atoms with Crippen molar-refractivity contribution >= 4 is 45.2 Å². The standard InChI is InChI=1S/C37H31ClN2O4/c1-37(2,36(42)43)21-33-34(35(41)26-9-4-3-5-10-26)30-20-29(44-23-28-17-14-25-8-6-7-11-31(25)39-28)18-19-32(30)40(33)22-24-12-15-27(38)16-13-24/h3-20H,21-23H2,1-2H3,(H,42,43). The van der Waals surface area contributed by atoms with Crippen LogP contribution in [-0.2, 0) is 24.4 Å². The second kappa shape index (κ2) is 12.0. The van der Waals surface area contributed by atoms with Crippen LogP contribution in [0.5, 0.6) is 5.75 Å². The number of hydrogen-bond donors (Lipinski definition) is 1. The number of pyridine rings is 1. The maximum atomic E-state index is 14.2. The van der Waals surface area contributed by atoms with Crippen LogP contribution in [0.1, 0.15) is 46.7 Å². The van der Waals surface area contributed by atoms with E-state index < -0.39 is 11.4 Å². The Morgan fingerprint density at radius 3 is 2.36 bits per heavy atom. The van der Waals surface area contributed by atoms with E-state index in [2.05, 4.69) is 0 Å². The number of aromatic nitrogens is 2. The Morgan fingerprint density at radius 1 is 0.886 bits per heavy atom. The van der Waals surface area contributed by atoms with Crippen LogP contribution >= 0.6 is 11.6 Å². The molecule has 0 bridgehead atoms. The van der Waals surface area contributed by atoms with Crippen LogP contribution in [0.2, 0.25) is 5.02 Å². The molecule has 220 valence electrons. The van der Waals surface area contributed by atoms with Crippen LogP contribution in [0, 0.1) is 5.41 Å². The summed E-state index contributed by atoms with van der Waals surface area (Å²) < 4.78 is 8.27. The molecule has 0 saturated carbocycles. The topological polar surface area (TPSA) is 81.4 Å². The number of carboxylic acid groups (broad SMARTS) is 1. The van der Waals surface area contributed by atoms with Crippen molar-refractivity contribution in [2.45, 2.75) is 33.4 Å². The van der Waals surface area contributed by atoms with E-state index >= 15 is 0 Å². The number of nitrogens with zero attached hydrogens (tertiary/aromatic N) is 2. The van der Waals surface area contributed by atoms with Gasteiger partial charge in [0.1, 0.15) is 12.4 Å². The van der Waals surface area contributed by atoms with E-state index in [1.165, 1.54) is 0 Å². The van der Waals surface area contributed by atoms with E-state index in [4.69, 9.17) is 21.3 Å². The lowest BCUT2D eigenvalue weighted by Crippen LogP contribution is -2.28. The fourth-order valence-electron chi connectivity index (χ4n) is 5.44. The summed E-state index contributed by atoms with van der Waals surface area (Å²) in [6.45, 7) is 4.05. The molecular weight excluding hydrogens is 572 g/mol. The van der Waals surface area contributed by atoms with Gasteiger partial charge in [-0.2, -0.15) is 0 Å². The van der Waals surface area contributed by atoms with Gasteiger partial charge in [-0.15, -0.1) is 0 Å². The Balaban J connectivity index is 1.48. The van der Waals surface area contributed by atoms with Gasteiger partial charge >= 0.3 is 5.97 Å². The molecule has 0 fully saturated rings. The molecule has 0 aliphatic carbocycles. The average molecular weight is 603 g/mol. The van der Waals surface area contributed by atoms with Crippen molar-refractivity contribution in [2.24, 2.45) is 5.41 Å². The van der Waals surface area contributed by atoms with Gasteiger partial charge in [0, 0.05) is 45.5 Å². The van der Waals surface area contributed by atoms with E-state index in [1.54, 1.807) is 26.0 Å². The first-order valence-corrected chi connectivity index (χ1v) is 14.8. The highest BCUT2D eigenvalue weighted by Crippen LogP contribution is 2.36. The first-order chi connectivity index (χ1) is 21.2. The number of halogens is 1. The molecule has 0 saturated heterocycles. The number of ether oxygens (including phenoxy) is 1. The predicted octanol–water partition coefficient (Wildman–Crippen LogP) is 8.35. The summed E-state index contributed by atoms with van der Waals surface area (Å²) in [6.07, 6.45) is 0.149. The number of benzene rings is 4. The monoisotopic (exact) mass is 602 g/mol. The number of fused-ring (bicyclic) bond motifs is 2. The second-order valence-electron chi connectivity index (χ2n) is 11.6. The van der Waals surface area contributed by atoms with Crippen LogP contribution < -0.4 is 4.74 Å². The molecule has 2 heterocycles. The lowest BCUT2D eigenvalue weighted by atomic mass is 9.85. The number of aliphatic carboxylic acids is 1. The van der Waals surface area contributed by atoms with Crippen LogP contribution in [0.15, 0.2) is 109 Å². The zero-order chi connectivity index (χ0) is 30.8. The molecule has 0 aliphatic rings. The molecule has 0 amide bonds. The zero-order valence-electron chi connectivity index (χ0n) is 24.5. The summed E-state index contributed by atoms with van der Waals surface area (Å²) in [5.41, 5.74) is 4.00. The molecule has 2 aromatic heterocycles. The molecule has 6 nitrogen and oxygen atoms in total. The molecule has 44 heavy (non-hydrogen) atoms. The predicted molar refractivity (Wildman–Crippen MR) is 174 cm³/mol. The SMILES string of the molecule is CC(C)(Cc1c(C(=O)c2ccccc2)c2cc(OCc3ccc4ccccc4n3)ccc2n1Cc1ccc(Cl)cc1)C(=O)O. The van der Waals surface area contributed by atoms with E-state index in [1.807, 2.05) is 102 Å². The molecule has 6 aromatic rings. The second-order valence-corrected chi connectivity index (χ2v) is 12.0. The largest absolute Gasteiger partial charge is 0.487 e. The lowest BCUT2D eigenvalue weighted by Gasteiger charge is -2.22. The van der Waals surface area contributed by atoms with E-state index in [0.29, 0.717) is 39.5 Å². The first-order valence-electron chi connectivity index (χ1n) is 14.4. The first kappa shape index (κ1) is 29.1. The Labute approximate surface area is 260 Å². The van der Waals surface area contributed by atoms with Crippen LogP contribution in [0.4, 0.5) is 0 Å². The Kier molecular flexibility index (Phi) is 7.93. The minimum absolute atomic E-state index is 0.149. The smallest absolute Gasteiger partial charge is 0.309 e.